The summed E-state index contributed by atoms with van der Waals surface area (Å²) in [5, 5.41) is 11.8. The largest absolute Gasteiger partial charge is 0.469 e. The van der Waals surface area contributed by atoms with Crippen molar-refractivity contribution >= 4 is 27.3 Å². The van der Waals surface area contributed by atoms with E-state index in [4.69, 9.17) is 9.56 Å². The third kappa shape index (κ3) is 6.74. The Morgan fingerprint density at radius 2 is 1.93 bits per heavy atom. The van der Waals surface area contributed by atoms with Gasteiger partial charge in [0, 0.05) is 22.7 Å². The molecular formula is C20H24N4O3S2. The van der Waals surface area contributed by atoms with Crippen molar-refractivity contribution in [3.63, 3.8) is 0 Å². The molecule has 0 atom stereocenters. The maximum atomic E-state index is 11.4. The van der Waals surface area contributed by atoms with Crippen molar-refractivity contribution in [2.24, 2.45) is 10.1 Å². The second-order valence-corrected chi connectivity index (χ2v) is 9.41. The van der Waals surface area contributed by atoms with Crippen LogP contribution in [0.3, 0.4) is 0 Å². The van der Waals surface area contributed by atoms with E-state index in [1.807, 2.05) is 12.1 Å². The standard InChI is InChI=1S/C20H24N4O3S2/c1-15-4-7-18(28-15)14-24-20(22-11-10-17-3-2-12-27-17)23-13-16-5-8-19(9-6-16)29(21,25)26/h2-9,12H,10-11,13-14H2,1H3,(H2,21,25,26)(H2,22,23,24). The normalized spacial score (nSPS) is 12.1. The number of nitrogens with two attached hydrogens (primary N) is 1. The number of benzene rings is 1. The maximum Gasteiger partial charge on any atom is 0.238 e. The van der Waals surface area contributed by atoms with Gasteiger partial charge in [-0.15, -0.1) is 11.3 Å². The summed E-state index contributed by atoms with van der Waals surface area (Å²) in [6.07, 6.45) is 2.40. The molecule has 0 aliphatic carbocycles. The van der Waals surface area contributed by atoms with Gasteiger partial charge in [0.1, 0.15) is 5.76 Å². The van der Waals surface area contributed by atoms with E-state index in [0.29, 0.717) is 25.6 Å². The zero-order valence-electron chi connectivity index (χ0n) is 16.1. The van der Waals surface area contributed by atoms with E-state index in [0.717, 1.165) is 17.7 Å². The molecule has 0 amide bonds. The van der Waals surface area contributed by atoms with Gasteiger partial charge in [-0.1, -0.05) is 12.1 Å². The molecular weight excluding hydrogens is 408 g/mol. The van der Waals surface area contributed by atoms with Gasteiger partial charge in [-0.05, 0) is 48.9 Å². The van der Waals surface area contributed by atoms with Gasteiger partial charge in [0.15, 0.2) is 5.96 Å². The molecule has 0 aliphatic heterocycles. The first kappa shape index (κ1) is 21.1. The van der Waals surface area contributed by atoms with Gasteiger partial charge in [-0.3, -0.25) is 0 Å². The molecule has 3 rings (SSSR count). The minimum Gasteiger partial charge on any atom is -0.469 e. The smallest absolute Gasteiger partial charge is 0.238 e. The summed E-state index contributed by atoms with van der Waals surface area (Å²) in [5.74, 6) is 1.59. The number of thiophene rings is 1. The molecule has 4 N–H and O–H groups in total. The zero-order chi connectivity index (χ0) is 20.7. The Kier molecular flexibility index (Phi) is 7.08. The van der Waals surface area contributed by atoms with Crippen LogP contribution in [0.15, 0.2) is 69.1 Å². The summed E-state index contributed by atoms with van der Waals surface area (Å²) in [7, 11) is -3.69. The Hall–Kier alpha value is -2.62. The Bertz CT molecular complexity index is 1040. The first-order chi connectivity index (χ1) is 13.9. The van der Waals surface area contributed by atoms with E-state index in [1.54, 1.807) is 29.7 Å². The summed E-state index contributed by atoms with van der Waals surface area (Å²) in [5.41, 5.74) is 0.886. The molecule has 9 heteroatoms. The molecule has 3 aromatic rings. The summed E-state index contributed by atoms with van der Waals surface area (Å²) >= 11 is 1.74. The molecule has 0 saturated heterocycles. The van der Waals surface area contributed by atoms with Crippen LogP contribution < -0.4 is 15.8 Å². The lowest BCUT2D eigenvalue weighted by Gasteiger charge is -2.12. The van der Waals surface area contributed by atoms with E-state index >= 15 is 0 Å². The molecule has 29 heavy (non-hydrogen) atoms. The fourth-order valence-electron chi connectivity index (χ4n) is 2.64. The van der Waals surface area contributed by atoms with Crippen LogP contribution in [0.2, 0.25) is 0 Å². The Balaban J connectivity index is 1.63. The fraction of sp³-hybridized carbons (Fsp3) is 0.250. The van der Waals surface area contributed by atoms with Crippen molar-refractivity contribution in [2.75, 3.05) is 6.54 Å². The predicted molar refractivity (Wildman–Crippen MR) is 115 cm³/mol. The number of hydrogen-bond acceptors (Lipinski definition) is 5. The number of furan rings is 1. The van der Waals surface area contributed by atoms with Crippen LogP contribution in [0.1, 0.15) is 21.1 Å². The number of sulfonamides is 1. The summed E-state index contributed by atoms with van der Waals surface area (Å²) in [6.45, 7) is 3.84. The molecule has 0 radical (unpaired) electrons. The number of nitrogens with zero attached hydrogens (tertiary/aromatic N) is 1. The van der Waals surface area contributed by atoms with Crippen molar-refractivity contribution in [3.8, 4) is 0 Å². The van der Waals surface area contributed by atoms with Crippen LogP contribution in [0, 0.1) is 6.92 Å². The van der Waals surface area contributed by atoms with Crippen LogP contribution in [-0.2, 0) is 29.5 Å². The van der Waals surface area contributed by atoms with Gasteiger partial charge in [-0.2, -0.15) is 0 Å². The van der Waals surface area contributed by atoms with Crippen molar-refractivity contribution in [2.45, 2.75) is 31.3 Å². The second kappa shape index (κ2) is 9.73. The van der Waals surface area contributed by atoms with Crippen molar-refractivity contribution < 1.29 is 12.8 Å². The summed E-state index contributed by atoms with van der Waals surface area (Å²) < 4.78 is 28.1. The third-order valence-electron chi connectivity index (χ3n) is 4.14. The van der Waals surface area contributed by atoms with Crippen LogP contribution in [0.4, 0.5) is 0 Å². The average Bonchev–Trinajstić information content (AvgIpc) is 3.35. The highest BCUT2D eigenvalue weighted by atomic mass is 32.2. The average molecular weight is 433 g/mol. The number of aliphatic imine (C=N–C) groups is 1. The first-order valence-electron chi connectivity index (χ1n) is 9.12. The zero-order valence-corrected chi connectivity index (χ0v) is 17.7. The predicted octanol–water partition coefficient (Wildman–Crippen LogP) is 2.78. The van der Waals surface area contributed by atoms with E-state index in [2.05, 4.69) is 34.7 Å². The highest BCUT2D eigenvalue weighted by Crippen LogP contribution is 2.14. The number of primary sulfonamides is 1. The van der Waals surface area contributed by atoms with Crippen molar-refractivity contribution in [1.29, 1.82) is 0 Å². The highest BCUT2D eigenvalue weighted by molar-refractivity contribution is 7.89. The van der Waals surface area contributed by atoms with Gasteiger partial charge in [-0.25, -0.2) is 18.5 Å². The van der Waals surface area contributed by atoms with Gasteiger partial charge >= 0.3 is 0 Å². The molecule has 0 aliphatic rings. The highest BCUT2D eigenvalue weighted by Gasteiger charge is 2.07. The molecule has 2 heterocycles. The van der Waals surface area contributed by atoms with Crippen LogP contribution >= 0.6 is 11.3 Å². The molecule has 0 saturated carbocycles. The van der Waals surface area contributed by atoms with Crippen molar-refractivity contribution in [1.82, 2.24) is 10.6 Å². The Labute approximate surface area is 174 Å². The Morgan fingerprint density at radius 1 is 1.14 bits per heavy atom. The van der Waals surface area contributed by atoms with E-state index in [-0.39, 0.29) is 4.90 Å². The maximum absolute atomic E-state index is 11.4. The number of nitrogens with one attached hydrogen (secondary N) is 2. The number of guanidine groups is 1. The SMILES string of the molecule is Cc1ccc(CNC(=NCc2ccc(S(N)(=O)=O)cc2)NCCc2ccco2)s1. The number of rotatable bonds is 8. The molecule has 154 valence electrons. The summed E-state index contributed by atoms with van der Waals surface area (Å²) in [6, 6.07) is 14.4. The van der Waals surface area contributed by atoms with Gasteiger partial charge < -0.3 is 15.1 Å². The molecule has 7 nitrogen and oxygen atoms in total. The van der Waals surface area contributed by atoms with Crippen molar-refractivity contribution in [3.05, 3.63) is 75.9 Å². The third-order valence-corrected chi connectivity index (χ3v) is 6.07. The van der Waals surface area contributed by atoms with E-state index < -0.39 is 10.0 Å². The van der Waals surface area contributed by atoms with Crippen LogP contribution in [0.25, 0.3) is 0 Å². The topological polar surface area (TPSA) is 110 Å². The molecule has 0 unspecified atom stereocenters. The molecule has 0 spiro atoms. The lowest BCUT2D eigenvalue weighted by atomic mass is 10.2. The minimum absolute atomic E-state index is 0.0909. The van der Waals surface area contributed by atoms with Crippen LogP contribution in [0.5, 0.6) is 0 Å². The number of aryl methyl sites for hydroxylation is 1. The summed E-state index contributed by atoms with van der Waals surface area (Å²) in [4.78, 5) is 7.19. The molecule has 1 aromatic carbocycles. The van der Waals surface area contributed by atoms with Crippen LogP contribution in [-0.4, -0.2) is 20.9 Å². The minimum atomic E-state index is -3.69. The fourth-order valence-corrected chi connectivity index (χ4v) is 3.98. The van der Waals surface area contributed by atoms with Gasteiger partial charge in [0.2, 0.25) is 10.0 Å². The van der Waals surface area contributed by atoms with E-state index in [1.165, 1.54) is 21.9 Å². The molecule has 0 fully saturated rings. The quantitative estimate of drug-likeness (QED) is 0.375. The lowest BCUT2D eigenvalue weighted by molar-refractivity contribution is 0.506. The molecule has 2 aromatic heterocycles. The van der Waals surface area contributed by atoms with E-state index in [9.17, 15) is 8.42 Å². The number of hydrogen-bond donors (Lipinski definition) is 3. The second-order valence-electron chi connectivity index (χ2n) is 6.48. The monoisotopic (exact) mass is 432 g/mol. The lowest BCUT2D eigenvalue weighted by Crippen LogP contribution is -2.38. The Morgan fingerprint density at radius 3 is 2.55 bits per heavy atom. The van der Waals surface area contributed by atoms with Gasteiger partial charge in [0.05, 0.1) is 24.2 Å². The first-order valence-corrected chi connectivity index (χ1v) is 11.5. The molecule has 0 bridgehead atoms. The van der Waals surface area contributed by atoms with Gasteiger partial charge in [0.25, 0.3) is 0 Å².